The number of nitrogens with zero attached hydrogens (tertiary/aromatic N) is 2. The van der Waals surface area contributed by atoms with Crippen LogP contribution >= 0.6 is 11.3 Å². The van der Waals surface area contributed by atoms with Gasteiger partial charge in [-0.1, -0.05) is 98.1 Å². The van der Waals surface area contributed by atoms with Crippen molar-refractivity contribution < 1.29 is 37.3 Å². The molecule has 0 radical (unpaired) electrons. The van der Waals surface area contributed by atoms with E-state index in [1.54, 1.807) is 48.7 Å². The summed E-state index contributed by atoms with van der Waals surface area (Å²) in [6.07, 6.45) is 5.83. The van der Waals surface area contributed by atoms with Crippen LogP contribution in [0.25, 0.3) is 43.2 Å². The van der Waals surface area contributed by atoms with E-state index >= 15 is 8.78 Å². The number of fused-ring (bicyclic) bond motifs is 2. The Morgan fingerprint density at radius 2 is 1.48 bits per heavy atom. The molecule has 0 aliphatic carbocycles. The summed E-state index contributed by atoms with van der Waals surface area (Å²) in [5.41, 5.74) is 7.97. The zero-order valence-electron chi connectivity index (χ0n) is 34.5. The highest BCUT2D eigenvalue weighted by atomic mass is 32.1. The molecule has 0 unspecified atom stereocenters. The molecule has 7 rings (SSSR count). The van der Waals surface area contributed by atoms with Gasteiger partial charge < -0.3 is 18.9 Å². The van der Waals surface area contributed by atoms with Crippen LogP contribution in [-0.4, -0.2) is 49.6 Å². The standard InChI is InChI=1S/C51H43F2N3O6S/c1-3-5-8-28-59-40-21-15-35(16-22-40)37-18-23-41(38(32-37)33-54-56-51-55-45-9-6-7-10-46(45)63-51)42-25-26-43-44(50(42)53)24-17-36(49(43)52)14-11-34-12-19-39(20-13-34)60-30-31-62-48(58)27-29-61-47(57)4-2/h4,6-7,9-10,12-13,15-26,32-33H,2-3,5,8,27-31H2,1H3,(H,55,56)/b54-33+. The summed E-state index contributed by atoms with van der Waals surface area (Å²) in [4.78, 5) is 27.4. The number of rotatable bonds is 18. The van der Waals surface area contributed by atoms with Crippen LogP contribution in [0.4, 0.5) is 13.9 Å². The van der Waals surface area contributed by atoms with Crippen molar-refractivity contribution in [3.63, 3.8) is 0 Å². The zero-order valence-corrected chi connectivity index (χ0v) is 35.3. The molecule has 0 fully saturated rings. The third-order valence-corrected chi connectivity index (χ3v) is 10.7. The van der Waals surface area contributed by atoms with Crippen molar-refractivity contribution in [1.82, 2.24) is 4.98 Å². The van der Waals surface area contributed by atoms with Crippen LogP contribution in [0.3, 0.4) is 0 Å². The Bertz CT molecular complexity index is 2800. The minimum Gasteiger partial charge on any atom is -0.494 e. The molecule has 0 aliphatic rings. The highest BCUT2D eigenvalue weighted by Gasteiger charge is 2.17. The topological polar surface area (TPSA) is 108 Å². The van der Waals surface area contributed by atoms with Gasteiger partial charge in [0.05, 0.1) is 35.0 Å². The number of anilines is 1. The number of thiazole rings is 1. The summed E-state index contributed by atoms with van der Waals surface area (Å²) in [6, 6.07) is 34.4. The Hall–Kier alpha value is -7.36. The predicted molar refractivity (Wildman–Crippen MR) is 245 cm³/mol. The maximum Gasteiger partial charge on any atom is 0.330 e. The van der Waals surface area contributed by atoms with E-state index < -0.39 is 23.6 Å². The lowest BCUT2D eigenvalue weighted by Crippen LogP contribution is -2.14. The molecule has 1 aromatic heterocycles. The molecule has 63 heavy (non-hydrogen) atoms. The van der Waals surface area contributed by atoms with Crippen molar-refractivity contribution in [3.05, 3.63) is 156 Å². The van der Waals surface area contributed by atoms with Crippen molar-refractivity contribution in [3.8, 4) is 45.6 Å². The molecular formula is C51H43F2N3O6S. The van der Waals surface area contributed by atoms with Crippen molar-refractivity contribution in [2.24, 2.45) is 5.10 Å². The second-order valence-electron chi connectivity index (χ2n) is 14.2. The Labute approximate surface area is 368 Å². The van der Waals surface area contributed by atoms with Gasteiger partial charge in [-0.3, -0.25) is 10.2 Å². The van der Waals surface area contributed by atoms with Crippen LogP contribution in [0.1, 0.15) is 49.3 Å². The molecule has 1 N–H and O–H groups in total. The maximum absolute atomic E-state index is 16.6. The number of benzene rings is 6. The Morgan fingerprint density at radius 3 is 2.25 bits per heavy atom. The van der Waals surface area contributed by atoms with E-state index in [4.69, 9.17) is 18.9 Å². The summed E-state index contributed by atoms with van der Waals surface area (Å²) in [5.74, 6) is 4.81. The first-order valence-electron chi connectivity index (χ1n) is 20.4. The van der Waals surface area contributed by atoms with Crippen LogP contribution in [0, 0.1) is 23.5 Å². The molecule has 318 valence electrons. The first kappa shape index (κ1) is 43.7. The molecule has 0 aliphatic heterocycles. The Morgan fingerprint density at radius 1 is 0.762 bits per heavy atom. The number of hydrogen-bond donors (Lipinski definition) is 1. The number of halogens is 2. The fraction of sp³-hybridized carbons (Fsp3) is 0.176. The summed E-state index contributed by atoms with van der Waals surface area (Å²) >= 11 is 1.48. The van der Waals surface area contributed by atoms with E-state index in [9.17, 15) is 9.59 Å². The Balaban J connectivity index is 1.07. The monoisotopic (exact) mass is 863 g/mol. The number of ether oxygens (including phenoxy) is 4. The van der Waals surface area contributed by atoms with Crippen LogP contribution < -0.4 is 14.9 Å². The lowest BCUT2D eigenvalue weighted by Gasteiger charge is -2.13. The number of aromatic nitrogens is 1. The summed E-state index contributed by atoms with van der Waals surface area (Å²) in [5, 5.41) is 5.36. The molecule has 1 heterocycles. The summed E-state index contributed by atoms with van der Waals surface area (Å²) in [7, 11) is 0. The first-order chi connectivity index (χ1) is 30.8. The molecule has 0 bridgehead atoms. The van der Waals surface area contributed by atoms with Crippen molar-refractivity contribution in [2.75, 3.05) is 31.9 Å². The second-order valence-corrected chi connectivity index (χ2v) is 15.2. The first-order valence-corrected chi connectivity index (χ1v) is 21.2. The van der Waals surface area contributed by atoms with E-state index in [-0.39, 0.29) is 48.1 Å². The van der Waals surface area contributed by atoms with Gasteiger partial charge in [0.15, 0.2) is 0 Å². The van der Waals surface area contributed by atoms with Crippen LogP contribution in [-0.2, 0) is 19.1 Å². The second kappa shape index (κ2) is 21.4. The van der Waals surface area contributed by atoms with Gasteiger partial charge >= 0.3 is 11.9 Å². The van der Waals surface area contributed by atoms with Gasteiger partial charge in [0, 0.05) is 33.5 Å². The summed E-state index contributed by atoms with van der Waals surface area (Å²) in [6.45, 7) is 6.13. The minimum absolute atomic E-state index is 0.00883. The third-order valence-electron chi connectivity index (χ3n) is 9.80. The fourth-order valence-corrected chi connectivity index (χ4v) is 7.36. The number of nitrogens with one attached hydrogen (secondary N) is 1. The molecule has 9 nitrogen and oxygen atoms in total. The molecule has 0 atom stereocenters. The zero-order chi connectivity index (χ0) is 44.0. The number of carbonyl (C=O) groups excluding carboxylic acids is 2. The highest BCUT2D eigenvalue weighted by Crippen LogP contribution is 2.35. The number of esters is 2. The molecule has 0 amide bonds. The molecule has 7 aromatic rings. The van der Waals surface area contributed by atoms with Crippen LogP contribution in [0.5, 0.6) is 11.5 Å². The molecule has 0 saturated carbocycles. The van der Waals surface area contributed by atoms with E-state index in [2.05, 4.69) is 40.9 Å². The number of carbonyl (C=O) groups is 2. The molecule has 6 aromatic carbocycles. The van der Waals surface area contributed by atoms with Gasteiger partial charge in [-0.2, -0.15) is 5.10 Å². The molecule has 12 heteroatoms. The fourth-order valence-electron chi connectivity index (χ4n) is 6.55. The van der Waals surface area contributed by atoms with Crippen LogP contribution in [0.2, 0.25) is 0 Å². The maximum atomic E-state index is 16.6. The van der Waals surface area contributed by atoms with E-state index in [0.29, 0.717) is 34.2 Å². The average Bonchev–Trinajstić information content (AvgIpc) is 3.73. The minimum atomic E-state index is -0.631. The van der Waals surface area contributed by atoms with Crippen LogP contribution in [0.15, 0.2) is 133 Å². The van der Waals surface area contributed by atoms with E-state index in [1.807, 2.05) is 66.7 Å². The van der Waals surface area contributed by atoms with Crippen molar-refractivity contribution in [1.29, 1.82) is 0 Å². The number of hydrogen-bond acceptors (Lipinski definition) is 10. The van der Waals surface area contributed by atoms with Crippen molar-refractivity contribution in [2.45, 2.75) is 32.6 Å². The van der Waals surface area contributed by atoms with Gasteiger partial charge in [-0.05, 0) is 89.8 Å². The normalized spacial score (nSPS) is 11.0. The number of hydrazone groups is 1. The van der Waals surface area contributed by atoms with Gasteiger partial charge in [-0.15, -0.1) is 0 Å². The van der Waals surface area contributed by atoms with Crippen molar-refractivity contribution >= 4 is 55.6 Å². The third kappa shape index (κ3) is 11.5. The Kier molecular flexibility index (Phi) is 14.9. The molecule has 0 spiro atoms. The highest BCUT2D eigenvalue weighted by molar-refractivity contribution is 7.22. The quantitative estimate of drug-likeness (QED) is 0.0227. The summed E-state index contributed by atoms with van der Waals surface area (Å²) < 4.78 is 54.9. The molecule has 0 saturated heterocycles. The smallest absolute Gasteiger partial charge is 0.330 e. The predicted octanol–water partition coefficient (Wildman–Crippen LogP) is 11.5. The SMILES string of the molecule is C=CC(=O)OCCC(=O)OCCOc1ccc(C#Cc2ccc3c(F)c(-c4ccc(-c5ccc(OCCCCC)cc5)cc4/C=N/Nc4nc5ccccc5s4)ccc3c2F)cc1. The van der Waals surface area contributed by atoms with Gasteiger partial charge in [-0.25, -0.2) is 18.6 Å². The lowest BCUT2D eigenvalue weighted by molar-refractivity contribution is -0.147. The van der Waals surface area contributed by atoms with Gasteiger partial charge in [0.25, 0.3) is 0 Å². The van der Waals surface area contributed by atoms with E-state index in [1.165, 1.54) is 17.4 Å². The van der Waals surface area contributed by atoms with Gasteiger partial charge in [0.1, 0.15) is 43.0 Å². The largest absolute Gasteiger partial charge is 0.494 e. The number of unbranched alkanes of at least 4 members (excludes halogenated alkanes) is 2. The lowest BCUT2D eigenvalue weighted by atomic mass is 9.93. The average molecular weight is 864 g/mol. The van der Waals surface area contributed by atoms with Gasteiger partial charge in [0.2, 0.25) is 5.13 Å². The van der Waals surface area contributed by atoms with E-state index in [0.717, 1.165) is 52.4 Å². The number of para-hydroxylation sites is 1. The molecular weight excluding hydrogens is 821 g/mol.